The number of pyridine rings is 1. The summed E-state index contributed by atoms with van der Waals surface area (Å²) in [5, 5.41) is 2.67. The summed E-state index contributed by atoms with van der Waals surface area (Å²) in [6, 6.07) is 19.4. The highest BCUT2D eigenvalue weighted by atomic mass is 15.0. The Morgan fingerprint density at radius 3 is 2.12 bits per heavy atom. The van der Waals surface area contributed by atoms with Crippen molar-refractivity contribution in [3.05, 3.63) is 71.7 Å². The molecule has 0 unspecified atom stereocenters. The van der Waals surface area contributed by atoms with Crippen LogP contribution in [0.25, 0.3) is 27.5 Å². The van der Waals surface area contributed by atoms with Gasteiger partial charge in [0.2, 0.25) is 0 Å². The van der Waals surface area contributed by atoms with Gasteiger partial charge in [0.25, 0.3) is 0 Å². The molecular formula is C24H26N2. The zero-order chi connectivity index (χ0) is 18.3. The topological polar surface area (TPSA) is 17.3 Å². The Labute approximate surface area is 155 Å². The fraction of sp³-hybridized carbons (Fsp3) is 0.292. The molecule has 0 saturated carbocycles. The number of hydrogen-bond donors (Lipinski definition) is 0. The second-order valence-corrected chi connectivity index (χ2v) is 7.20. The molecule has 0 radical (unpaired) electrons. The Bertz CT molecular complexity index is 1070. The van der Waals surface area contributed by atoms with Gasteiger partial charge in [-0.1, -0.05) is 82.3 Å². The van der Waals surface area contributed by atoms with Gasteiger partial charge in [0.1, 0.15) is 5.82 Å². The number of aromatic nitrogens is 2. The predicted molar refractivity (Wildman–Crippen MR) is 111 cm³/mol. The zero-order valence-electron chi connectivity index (χ0n) is 16.1. The number of aryl methyl sites for hydroxylation is 2. The third kappa shape index (κ3) is 2.44. The quantitative estimate of drug-likeness (QED) is 0.419. The van der Waals surface area contributed by atoms with Crippen molar-refractivity contribution in [2.75, 3.05) is 0 Å². The Balaban J connectivity index is 2.27. The highest BCUT2D eigenvalue weighted by Gasteiger charge is 2.22. The fourth-order valence-corrected chi connectivity index (χ4v) is 4.15. The zero-order valence-corrected chi connectivity index (χ0v) is 16.1. The molecule has 2 heteroatoms. The molecular weight excluding hydrogens is 316 g/mol. The largest absolute Gasteiger partial charge is 0.299 e. The lowest BCUT2D eigenvalue weighted by atomic mass is 9.97. The molecule has 0 bridgehead atoms. The molecule has 4 aromatic rings. The summed E-state index contributed by atoms with van der Waals surface area (Å²) in [5.41, 5.74) is 6.40. The molecule has 132 valence electrons. The van der Waals surface area contributed by atoms with Crippen molar-refractivity contribution < 1.29 is 0 Å². The van der Waals surface area contributed by atoms with Crippen LogP contribution < -0.4 is 0 Å². The lowest BCUT2D eigenvalue weighted by molar-refractivity contribution is 0.750. The minimum Gasteiger partial charge on any atom is -0.299 e. The van der Waals surface area contributed by atoms with Crippen molar-refractivity contribution in [2.45, 2.75) is 46.5 Å². The summed E-state index contributed by atoms with van der Waals surface area (Å²) in [4.78, 5) is 5.16. The van der Waals surface area contributed by atoms with Crippen LogP contribution in [-0.2, 0) is 12.8 Å². The Hall–Kier alpha value is -2.61. The van der Waals surface area contributed by atoms with Crippen LogP contribution in [-0.4, -0.2) is 9.38 Å². The van der Waals surface area contributed by atoms with Gasteiger partial charge in [0.15, 0.2) is 0 Å². The van der Waals surface area contributed by atoms with Crippen molar-refractivity contribution in [1.29, 1.82) is 0 Å². The molecule has 0 aliphatic carbocycles. The van der Waals surface area contributed by atoms with E-state index in [2.05, 4.69) is 86.7 Å². The molecule has 0 aliphatic rings. The van der Waals surface area contributed by atoms with E-state index >= 15 is 0 Å². The van der Waals surface area contributed by atoms with E-state index < -0.39 is 0 Å². The number of imidazole rings is 1. The molecule has 0 fully saturated rings. The van der Waals surface area contributed by atoms with E-state index in [0.717, 1.165) is 24.4 Å². The molecule has 2 aromatic heterocycles. The summed E-state index contributed by atoms with van der Waals surface area (Å²) in [7, 11) is 0. The normalized spacial score (nSPS) is 11.7. The van der Waals surface area contributed by atoms with Crippen molar-refractivity contribution >= 4 is 16.3 Å². The standard InChI is InChI=1S/C24H26N2/c1-5-18-19-14-10-11-15-20(19)23-22(17-12-8-7-9-13-17)25-24(16(3)4)26(23)21(18)6-2/h7-16H,5-6H2,1-4H3. The van der Waals surface area contributed by atoms with Gasteiger partial charge in [0, 0.05) is 22.6 Å². The highest BCUT2D eigenvalue weighted by molar-refractivity contribution is 6.04. The number of hydrogen-bond acceptors (Lipinski definition) is 1. The lowest BCUT2D eigenvalue weighted by Gasteiger charge is -2.17. The van der Waals surface area contributed by atoms with Gasteiger partial charge >= 0.3 is 0 Å². The van der Waals surface area contributed by atoms with Crippen LogP contribution in [0.3, 0.4) is 0 Å². The summed E-state index contributed by atoms with van der Waals surface area (Å²) >= 11 is 0. The van der Waals surface area contributed by atoms with Crippen LogP contribution >= 0.6 is 0 Å². The van der Waals surface area contributed by atoms with Crippen molar-refractivity contribution in [3.63, 3.8) is 0 Å². The third-order valence-electron chi connectivity index (χ3n) is 5.28. The molecule has 0 N–H and O–H groups in total. The molecule has 0 amide bonds. The fourth-order valence-electron chi connectivity index (χ4n) is 4.15. The average Bonchev–Trinajstić information content (AvgIpc) is 3.08. The highest BCUT2D eigenvalue weighted by Crippen LogP contribution is 2.36. The molecule has 0 aliphatic heterocycles. The first-order valence-corrected chi connectivity index (χ1v) is 9.67. The van der Waals surface area contributed by atoms with E-state index in [9.17, 15) is 0 Å². The van der Waals surface area contributed by atoms with Gasteiger partial charge in [0.05, 0.1) is 11.2 Å². The maximum atomic E-state index is 5.16. The van der Waals surface area contributed by atoms with Crippen molar-refractivity contribution in [2.24, 2.45) is 0 Å². The number of fused-ring (bicyclic) bond motifs is 3. The molecule has 2 heterocycles. The SMILES string of the molecule is CCc1c(CC)n2c(C(C)C)nc(-c3ccccc3)c2c2ccccc12. The van der Waals surface area contributed by atoms with Crippen molar-refractivity contribution in [3.8, 4) is 11.3 Å². The maximum Gasteiger partial charge on any atom is 0.116 e. The number of rotatable bonds is 4. The van der Waals surface area contributed by atoms with Gasteiger partial charge < -0.3 is 0 Å². The van der Waals surface area contributed by atoms with E-state index in [1.807, 2.05) is 0 Å². The van der Waals surface area contributed by atoms with Gasteiger partial charge in [-0.15, -0.1) is 0 Å². The second kappa shape index (κ2) is 6.60. The molecule has 4 rings (SSSR count). The Kier molecular flexibility index (Phi) is 4.28. The maximum absolute atomic E-state index is 5.16. The first-order valence-electron chi connectivity index (χ1n) is 9.67. The van der Waals surface area contributed by atoms with Crippen LogP contribution in [0.2, 0.25) is 0 Å². The smallest absolute Gasteiger partial charge is 0.116 e. The lowest BCUT2D eigenvalue weighted by Crippen LogP contribution is -2.07. The first-order chi connectivity index (χ1) is 12.7. The summed E-state index contributed by atoms with van der Waals surface area (Å²) in [6.45, 7) is 9.00. The van der Waals surface area contributed by atoms with Crippen LogP contribution in [0, 0.1) is 0 Å². The van der Waals surface area contributed by atoms with E-state index in [0.29, 0.717) is 5.92 Å². The predicted octanol–water partition coefficient (Wildman–Crippen LogP) is 6.40. The summed E-state index contributed by atoms with van der Waals surface area (Å²) in [6.07, 6.45) is 2.05. The van der Waals surface area contributed by atoms with Crippen molar-refractivity contribution in [1.82, 2.24) is 9.38 Å². The minimum absolute atomic E-state index is 0.371. The minimum atomic E-state index is 0.371. The molecule has 0 spiro atoms. The molecule has 26 heavy (non-hydrogen) atoms. The average molecular weight is 342 g/mol. The van der Waals surface area contributed by atoms with Crippen LogP contribution in [0.15, 0.2) is 54.6 Å². The van der Waals surface area contributed by atoms with E-state index in [-0.39, 0.29) is 0 Å². The molecule has 0 atom stereocenters. The van der Waals surface area contributed by atoms with Crippen LogP contribution in [0.4, 0.5) is 0 Å². The van der Waals surface area contributed by atoms with E-state index in [4.69, 9.17) is 4.98 Å². The van der Waals surface area contributed by atoms with Gasteiger partial charge in [-0.05, 0) is 23.8 Å². The molecule has 2 aromatic carbocycles. The molecule has 2 nitrogen and oxygen atoms in total. The third-order valence-corrected chi connectivity index (χ3v) is 5.28. The van der Waals surface area contributed by atoms with E-state index in [1.165, 1.54) is 33.1 Å². The number of benzene rings is 2. The first kappa shape index (κ1) is 16.8. The monoisotopic (exact) mass is 342 g/mol. The van der Waals surface area contributed by atoms with Gasteiger partial charge in [-0.25, -0.2) is 4.98 Å². The van der Waals surface area contributed by atoms with Gasteiger partial charge in [-0.3, -0.25) is 4.40 Å². The summed E-state index contributed by atoms with van der Waals surface area (Å²) < 4.78 is 2.45. The second-order valence-electron chi connectivity index (χ2n) is 7.20. The number of nitrogens with zero attached hydrogens (tertiary/aromatic N) is 2. The molecule has 0 saturated heterocycles. The van der Waals surface area contributed by atoms with E-state index in [1.54, 1.807) is 0 Å². The Morgan fingerprint density at radius 1 is 0.846 bits per heavy atom. The van der Waals surface area contributed by atoms with Crippen LogP contribution in [0.5, 0.6) is 0 Å². The Morgan fingerprint density at radius 2 is 1.50 bits per heavy atom. The summed E-state index contributed by atoms with van der Waals surface area (Å²) in [5.74, 6) is 1.53. The van der Waals surface area contributed by atoms with Crippen LogP contribution in [0.1, 0.15) is 50.7 Å². The van der Waals surface area contributed by atoms with Gasteiger partial charge in [-0.2, -0.15) is 0 Å².